The lowest BCUT2D eigenvalue weighted by Gasteiger charge is -2.13. The highest BCUT2D eigenvalue weighted by Gasteiger charge is 2.18. The Kier molecular flexibility index (Phi) is 6.74. The third-order valence-electron chi connectivity index (χ3n) is 9.56. The van der Waals surface area contributed by atoms with Gasteiger partial charge in [-0.05, 0) is 52.4 Å². The van der Waals surface area contributed by atoms with Crippen molar-refractivity contribution in [1.82, 2.24) is 19.9 Å². The SMILES string of the molecule is c1ccc(-c2nc(-c3ccccc3)nc(-c3ccc(-c4cc(-c5cc6ccccc6c6ncccc56)cc5c4oc4ccccc45)cc3)n2)cc1. The van der Waals surface area contributed by atoms with Gasteiger partial charge in [-0.3, -0.25) is 4.98 Å². The average Bonchev–Trinajstić information content (AvgIpc) is 3.59. The molecular weight excluding hydrogens is 625 g/mol. The molecule has 0 spiro atoms. The monoisotopic (exact) mass is 652 g/mol. The Morgan fingerprint density at radius 2 is 0.941 bits per heavy atom. The van der Waals surface area contributed by atoms with E-state index < -0.39 is 0 Å². The number of pyridine rings is 1. The van der Waals surface area contributed by atoms with Crippen LogP contribution < -0.4 is 0 Å². The van der Waals surface area contributed by atoms with Gasteiger partial charge in [0.15, 0.2) is 17.5 Å². The number of hydrogen-bond acceptors (Lipinski definition) is 5. The van der Waals surface area contributed by atoms with Crippen LogP contribution in [-0.2, 0) is 0 Å². The van der Waals surface area contributed by atoms with E-state index in [4.69, 9.17) is 24.4 Å². The van der Waals surface area contributed by atoms with E-state index in [9.17, 15) is 0 Å². The first kappa shape index (κ1) is 29.0. The number of fused-ring (bicyclic) bond motifs is 6. The van der Waals surface area contributed by atoms with E-state index >= 15 is 0 Å². The normalized spacial score (nSPS) is 11.5. The molecule has 51 heavy (non-hydrogen) atoms. The van der Waals surface area contributed by atoms with Crippen LogP contribution in [0.4, 0.5) is 0 Å². The molecule has 0 amide bonds. The summed E-state index contributed by atoms with van der Waals surface area (Å²) in [4.78, 5) is 19.6. The molecule has 0 N–H and O–H groups in total. The number of benzene rings is 7. The molecule has 0 radical (unpaired) electrons. The van der Waals surface area contributed by atoms with Crippen LogP contribution in [0.5, 0.6) is 0 Å². The maximum atomic E-state index is 6.59. The van der Waals surface area contributed by atoms with Crippen LogP contribution in [0.3, 0.4) is 0 Å². The molecule has 5 heteroatoms. The minimum Gasteiger partial charge on any atom is -0.455 e. The van der Waals surface area contributed by atoms with Crippen molar-refractivity contribution in [2.24, 2.45) is 0 Å². The Bertz CT molecular complexity index is 2840. The molecule has 0 aliphatic heterocycles. The second kappa shape index (κ2) is 11.9. The highest BCUT2D eigenvalue weighted by atomic mass is 16.3. The minimum atomic E-state index is 0.618. The predicted octanol–water partition coefficient (Wildman–Crippen LogP) is 11.8. The molecule has 0 bridgehead atoms. The van der Waals surface area contributed by atoms with E-state index in [1.54, 1.807) is 0 Å². The molecule has 0 saturated heterocycles. The number of hydrogen-bond donors (Lipinski definition) is 0. The van der Waals surface area contributed by atoms with Crippen LogP contribution in [0.15, 0.2) is 174 Å². The van der Waals surface area contributed by atoms with Gasteiger partial charge in [0.05, 0.1) is 5.52 Å². The first-order valence-corrected chi connectivity index (χ1v) is 17.0. The molecule has 0 aliphatic rings. The van der Waals surface area contributed by atoms with Gasteiger partial charge >= 0.3 is 0 Å². The zero-order valence-corrected chi connectivity index (χ0v) is 27.4. The second-order valence-corrected chi connectivity index (χ2v) is 12.7. The summed E-state index contributed by atoms with van der Waals surface area (Å²) in [6.45, 7) is 0. The van der Waals surface area contributed by atoms with Crippen LogP contribution in [0.1, 0.15) is 0 Å². The topological polar surface area (TPSA) is 64.7 Å². The fourth-order valence-corrected chi connectivity index (χ4v) is 7.08. The number of nitrogens with zero attached hydrogens (tertiary/aromatic N) is 4. The third-order valence-corrected chi connectivity index (χ3v) is 9.56. The van der Waals surface area contributed by atoms with Gasteiger partial charge in [0.25, 0.3) is 0 Å². The zero-order chi connectivity index (χ0) is 33.7. The van der Waals surface area contributed by atoms with Gasteiger partial charge in [-0.25, -0.2) is 15.0 Å². The summed E-state index contributed by atoms with van der Waals surface area (Å²) in [7, 11) is 0. The quantitative estimate of drug-likeness (QED) is 0.173. The van der Waals surface area contributed by atoms with Crippen molar-refractivity contribution in [2.45, 2.75) is 0 Å². The van der Waals surface area contributed by atoms with E-state index in [2.05, 4.69) is 84.9 Å². The van der Waals surface area contributed by atoms with Crippen LogP contribution in [0.25, 0.3) is 100 Å². The van der Waals surface area contributed by atoms with Crippen molar-refractivity contribution in [2.75, 3.05) is 0 Å². The Morgan fingerprint density at radius 3 is 1.65 bits per heavy atom. The van der Waals surface area contributed by atoms with Gasteiger partial charge in [-0.1, -0.05) is 133 Å². The molecule has 3 heterocycles. The summed E-state index contributed by atoms with van der Waals surface area (Å²) >= 11 is 0. The number of aromatic nitrogens is 4. The first-order valence-electron chi connectivity index (χ1n) is 17.0. The smallest absolute Gasteiger partial charge is 0.164 e. The van der Waals surface area contributed by atoms with Crippen molar-refractivity contribution < 1.29 is 4.42 Å². The van der Waals surface area contributed by atoms with Gasteiger partial charge in [0.2, 0.25) is 0 Å². The average molecular weight is 653 g/mol. The Labute approximate surface area is 293 Å². The van der Waals surface area contributed by atoms with Gasteiger partial charge in [-0.2, -0.15) is 0 Å². The molecule has 10 aromatic rings. The Hall–Kier alpha value is -6.98. The largest absolute Gasteiger partial charge is 0.455 e. The summed E-state index contributed by atoms with van der Waals surface area (Å²) < 4.78 is 6.59. The van der Waals surface area contributed by atoms with E-state index in [0.717, 1.165) is 82.6 Å². The number of para-hydroxylation sites is 1. The van der Waals surface area contributed by atoms with Crippen molar-refractivity contribution in [1.29, 1.82) is 0 Å². The van der Waals surface area contributed by atoms with Crippen LogP contribution >= 0.6 is 0 Å². The van der Waals surface area contributed by atoms with Gasteiger partial charge in [0.1, 0.15) is 11.2 Å². The highest BCUT2D eigenvalue weighted by Crippen LogP contribution is 2.42. The molecule has 3 aromatic heterocycles. The molecule has 7 aromatic carbocycles. The van der Waals surface area contributed by atoms with Crippen LogP contribution in [0.2, 0.25) is 0 Å². The maximum absolute atomic E-state index is 6.59. The summed E-state index contributed by atoms with van der Waals surface area (Å²) in [5.74, 6) is 1.89. The highest BCUT2D eigenvalue weighted by molar-refractivity contribution is 6.15. The lowest BCUT2D eigenvalue weighted by atomic mass is 9.91. The van der Waals surface area contributed by atoms with Crippen molar-refractivity contribution in [3.05, 3.63) is 170 Å². The summed E-state index contributed by atoms with van der Waals surface area (Å²) in [6.07, 6.45) is 1.87. The predicted molar refractivity (Wildman–Crippen MR) is 207 cm³/mol. The maximum Gasteiger partial charge on any atom is 0.164 e. The van der Waals surface area contributed by atoms with Gasteiger partial charge < -0.3 is 4.42 Å². The second-order valence-electron chi connectivity index (χ2n) is 12.7. The number of rotatable bonds is 5. The Morgan fingerprint density at radius 1 is 0.373 bits per heavy atom. The molecule has 0 unspecified atom stereocenters. The lowest BCUT2D eigenvalue weighted by Crippen LogP contribution is -2.00. The molecule has 0 fully saturated rings. The first-order chi connectivity index (χ1) is 25.3. The summed E-state index contributed by atoms with van der Waals surface area (Å²) in [6, 6.07) is 56.2. The zero-order valence-electron chi connectivity index (χ0n) is 27.4. The van der Waals surface area contributed by atoms with E-state index in [0.29, 0.717) is 17.5 Å². The van der Waals surface area contributed by atoms with Crippen molar-refractivity contribution in [3.8, 4) is 56.4 Å². The fraction of sp³-hybridized carbons (Fsp3) is 0. The molecular formula is C46H28N4O. The molecule has 10 rings (SSSR count). The fourth-order valence-electron chi connectivity index (χ4n) is 7.08. The van der Waals surface area contributed by atoms with Crippen molar-refractivity contribution >= 4 is 43.6 Å². The summed E-state index contributed by atoms with van der Waals surface area (Å²) in [5.41, 5.74) is 9.78. The van der Waals surface area contributed by atoms with Crippen molar-refractivity contribution in [3.63, 3.8) is 0 Å². The van der Waals surface area contributed by atoms with Gasteiger partial charge in [0, 0.05) is 50.0 Å². The van der Waals surface area contributed by atoms with E-state index in [1.165, 1.54) is 0 Å². The lowest BCUT2D eigenvalue weighted by molar-refractivity contribution is 0.670. The van der Waals surface area contributed by atoms with Crippen LogP contribution in [-0.4, -0.2) is 19.9 Å². The Balaban J connectivity index is 1.15. The third kappa shape index (κ3) is 5.03. The molecule has 5 nitrogen and oxygen atoms in total. The standard InChI is InChI=1S/C46H28N4O/c1-3-12-30(13-4-1)44-48-45(31-14-5-2-6-15-31)50-46(49-44)32-23-21-29(22-24-32)39-27-34(28-40-36-18-9-10-20-41(36)51-43(39)40)38-26-33-16-7-8-17-35(33)42-37(38)19-11-25-47-42/h1-28H. The number of furan rings is 1. The molecule has 0 atom stereocenters. The van der Waals surface area contributed by atoms with E-state index in [1.807, 2.05) is 85.1 Å². The minimum absolute atomic E-state index is 0.618. The van der Waals surface area contributed by atoms with Gasteiger partial charge in [-0.15, -0.1) is 0 Å². The van der Waals surface area contributed by atoms with Crippen LogP contribution in [0, 0.1) is 0 Å². The molecule has 0 aliphatic carbocycles. The molecule has 0 saturated carbocycles. The van der Waals surface area contributed by atoms with E-state index in [-0.39, 0.29) is 0 Å². The summed E-state index contributed by atoms with van der Waals surface area (Å²) in [5, 5.41) is 5.57. The molecule has 238 valence electrons.